The molecular weight excluding hydrogens is 710 g/mol. The SMILES string of the molecule is C=CC.C=O.CC.CC.CC(C)C1(C)CN(Cc2ccc(COc3cccc4c3CN(C3CCC(=O)NC3=O)C4=O)cc2)CCN(c2ccc(C#N)cc2F)C1. The molecule has 0 bridgehead atoms. The van der Waals surface area contributed by atoms with E-state index in [0.29, 0.717) is 48.1 Å². The molecule has 3 heterocycles. The fraction of sp³-hybridized carbons (Fsp3) is 0.444. The number of carbonyl (C=O) groups excluding carboxylic acids is 4. The van der Waals surface area contributed by atoms with E-state index in [1.807, 2.05) is 53.5 Å². The van der Waals surface area contributed by atoms with Crippen molar-refractivity contribution in [1.82, 2.24) is 15.1 Å². The average molecular weight is 770 g/mol. The second-order valence-electron chi connectivity index (χ2n) is 13.9. The minimum absolute atomic E-state index is 0.0737. The maximum absolute atomic E-state index is 15.0. The first-order valence-electron chi connectivity index (χ1n) is 19.5. The Balaban J connectivity index is 0.00000112. The zero-order valence-electron chi connectivity index (χ0n) is 34.5. The molecule has 3 aliphatic heterocycles. The van der Waals surface area contributed by atoms with E-state index in [-0.39, 0.29) is 36.0 Å². The Morgan fingerprint density at radius 3 is 2.23 bits per heavy atom. The molecule has 2 fully saturated rings. The predicted octanol–water partition coefficient (Wildman–Crippen LogP) is 8.08. The first-order chi connectivity index (χ1) is 27.0. The summed E-state index contributed by atoms with van der Waals surface area (Å²) < 4.78 is 21.2. The molecule has 2 atom stereocenters. The first kappa shape index (κ1) is 46.8. The molecule has 2 saturated heterocycles. The van der Waals surface area contributed by atoms with Gasteiger partial charge in [0, 0.05) is 55.7 Å². The maximum atomic E-state index is 15.0. The number of piperidine rings is 1. The standard InChI is InChI=1S/C37H40FN5O4.C3H6.2C2H6.CH2O/c1-24(2)37(3)22-41(15-16-42(23-37)31-12-11-27(18-39)17-30(31)38)19-25-7-9-26(10-8-25)21-47-33-6-4-5-28-29(33)20-43(36(28)46)32-13-14-34(44)40-35(32)45;1-3-2;3*1-2/h4-12,17,24,32H,13-16,19-23H2,1-3H3,(H,40,44,45);3H,1H2,2H3;2*1-2H3;1H2. The Bertz CT molecular complexity index is 1810. The smallest absolute Gasteiger partial charge is 0.255 e. The van der Waals surface area contributed by atoms with Gasteiger partial charge in [-0.15, -0.1) is 6.58 Å². The van der Waals surface area contributed by atoms with Crippen LogP contribution in [0.4, 0.5) is 10.1 Å². The summed E-state index contributed by atoms with van der Waals surface area (Å²) in [6.45, 7) is 26.4. The van der Waals surface area contributed by atoms with Crippen molar-refractivity contribution in [3.05, 3.63) is 107 Å². The van der Waals surface area contributed by atoms with Gasteiger partial charge in [-0.3, -0.25) is 24.6 Å². The number of hydrogen-bond donors (Lipinski definition) is 1. The predicted molar refractivity (Wildman–Crippen MR) is 220 cm³/mol. The molecule has 0 saturated carbocycles. The number of amides is 3. The van der Waals surface area contributed by atoms with E-state index in [9.17, 15) is 14.4 Å². The number of anilines is 1. The van der Waals surface area contributed by atoms with Gasteiger partial charge in [-0.1, -0.05) is 84.9 Å². The largest absolute Gasteiger partial charge is 0.489 e. The van der Waals surface area contributed by atoms with E-state index in [4.69, 9.17) is 14.8 Å². The number of fused-ring (bicyclic) bond motifs is 1. The molecule has 1 N–H and O–H groups in total. The van der Waals surface area contributed by atoms with Gasteiger partial charge in [0.25, 0.3) is 5.91 Å². The Kier molecular flexibility index (Phi) is 19.1. The molecule has 0 spiro atoms. The number of benzene rings is 3. The Labute approximate surface area is 333 Å². The molecule has 2 unspecified atom stereocenters. The molecule has 3 aliphatic rings. The lowest BCUT2D eigenvalue weighted by molar-refractivity contribution is -0.136. The van der Waals surface area contributed by atoms with E-state index in [2.05, 4.69) is 66.7 Å². The lowest BCUT2D eigenvalue weighted by Crippen LogP contribution is -2.52. The van der Waals surface area contributed by atoms with E-state index < -0.39 is 11.9 Å². The average Bonchev–Trinajstić information content (AvgIpc) is 3.44. The van der Waals surface area contributed by atoms with Crippen molar-refractivity contribution in [1.29, 1.82) is 5.26 Å². The van der Waals surface area contributed by atoms with Crippen LogP contribution >= 0.6 is 0 Å². The van der Waals surface area contributed by atoms with Crippen LogP contribution in [0.15, 0.2) is 73.3 Å². The van der Waals surface area contributed by atoms with Crippen LogP contribution in [0.2, 0.25) is 0 Å². The van der Waals surface area contributed by atoms with Crippen LogP contribution in [0.25, 0.3) is 0 Å². The minimum Gasteiger partial charge on any atom is -0.489 e. The molecule has 3 aromatic carbocycles. The third-order valence-corrected chi connectivity index (χ3v) is 10.00. The number of allylic oxidation sites excluding steroid dienone is 1. The normalized spacial score (nSPS) is 18.8. The van der Waals surface area contributed by atoms with Crippen LogP contribution in [0, 0.1) is 28.5 Å². The highest BCUT2D eigenvalue weighted by atomic mass is 19.1. The van der Waals surface area contributed by atoms with Crippen LogP contribution in [0.5, 0.6) is 5.75 Å². The maximum Gasteiger partial charge on any atom is 0.255 e. The van der Waals surface area contributed by atoms with Gasteiger partial charge in [-0.25, -0.2) is 4.39 Å². The number of halogens is 1. The Hall–Kier alpha value is -5.34. The van der Waals surface area contributed by atoms with E-state index in [1.165, 1.54) is 16.5 Å². The third-order valence-electron chi connectivity index (χ3n) is 10.00. The molecule has 10 nitrogen and oxygen atoms in total. The molecular formula is C45H60FN5O5. The Morgan fingerprint density at radius 1 is 1.00 bits per heavy atom. The molecule has 0 aliphatic carbocycles. The molecule has 0 radical (unpaired) electrons. The fourth-order valence-corrected chi connectivity index (χ4v) is 6.81. The summed E-state index contributed by atoms with van der Waals surface area (Å²) in [7, 11) is 0. The van der Waals surface area contributed by atoms with Crippen molar-refractivity contribution < 1.29 is 28.3 Å². The minimum atomic E-state index is -0.671. The highest BCUT2D eigenvalue weighted by Gasteiger charge is 2.40. The first-order valence-corrected chi connectivity index (χ1v) is 19.5. The van der Waals surface area contributed by atoms with Crippen LogP contribution in [0.3, 0.4) is 0 Å². The number of nitrogens with one attached hydrogen (secondary N) is 1. The van der Waals surface area contributed by atoms with E-state index in [0.717, 1.165) is 37.3 Å². The molecule has 6 rings (SSSR count). The number of hydrogen-bond acceptors (Lipinski definition) is 8. The number of ether oxygens (including phenoxy) is 1. The summed E-state index contributed by atoms with van der Waals surface area (Å²) in [6, 6.07) is 19.8. The molecule has 302 valence electrons. The molecule has 56 heavy (non-hydrogen) atoms. The summed E-state index contributed by atoms with van der Waals surface area (Å²) in [6.07, 6.45) is 2.27. The van der Waals surface area contributed by atoms with Crippen molar-refractivity contribution in [2.75, 3.05) is 31.1 Å². The van der Waals surface area contributed by atoms with Crippen LogP contribution in [0.1, 0.15) is 101 Å². The van der Waals surface area contributed by atoms with Crippen molar-refractivity contribution in [2.24, 2.45) is 11.3 Å². The highest BCUT2D eigenvalue weighted by Crippen LogP contribution is 2.36. The molecule has 3 amide bonds. The van der Waals surface area contributed by atoms with Gasteiger partial charge in [0.1, 0.15) is 31.0 Å². The third kappa shape index (κ3) is 11.8. The number of carbonyl (C=O) groups is 4. The van der Waals surface area contributed by atoms with Gasteiger partial charge < -0.3 is 19.3 Å². The quantitative estimate of drug-likeness (QED) is 0.180. The highest BCUT2D eigenvalue weighted by molar-refractivity contribution is 6.05. The number of nitrogens with zero attached hydrogens (tertiary/aromatic N) is 4. The van der Waals surface area contributed by atoms with Gasteiger partial charge in [0.15, 0.2) is 0 Å². The summed E-state index contributed by atoms with van der Waals surface area (Å²) >= 11 is 0. The zero-order valence-corrected chi connectivity index (χ0v) is 34.5. The van der Waals surface area contributed by atoms with Gasteiger partial charge in [0.2, 0.25) is 11.8 Å². The van der Waals surface area contributed by atoms with E-state index >= 15 is 4.39 Å². The topological polar surface area (TPSA) is 123 Å². The lowest BCUT2D eigenvalue weighted by Gasteiger charge is -2.38. The number of nitriles is 1. The zero-order chi connectivity index (χ0) is 42.0. The van der Waals surface area contributed by atoms with Crippen molar-refractivity contribution in [3.8, 4) is 11.8 Å². The van der Waals surface area contributed by atoms with Crippen molar-refractivity contribution in [3.63, 3.8) is 0 Å². The lowest BCUT2D eigenvalue weighted by atomic mass is 9.78. The van der Waals surface area contributed by atoms with Gasteiger partial charge >= 0.3 is 0 Å². The van der Waals surface area contributed by atoms with Gasteiger partial charge in [-0.2, -0.15) is 5.26 Å². The summed E-state index contributed by atoms with van der Waals surface area (Å²) in [5.41, 5.74) is 4.22. The summed E-state index contributed by atoms with van der Waals surface area (Å²) in [4.78, 5) is 51.3. The molecule has 3 aromatic rings. The van der Waals surface area contributed by atoms with E-state index in [1.54, 1.807) is 30.3 Å². The summed E-state index contributed by atoms with van der Waals surface area (Å²) in [5, 5.41) is 11.5. The van der Waals surface area contributed by atoms with Crippen LogP contribution in [-0.2, 0) is 34.1 Å². The summed E-state index contributed by atoms with van der Waals surface area (Å²) in [5.74, 6) is -0.352. The van der Waals surface area contributed by atoms with Crippen LogP contribution in [-0.4, -0.2) is 66.5 Å². The van der Waals surface area contributed by atoms with Crippen molar-refractivity contribution in [2.45, 2.75) is 94.0 Å². The second kappa shape index (κ2) is 22.9. The van der Waals surface area contributed by atoms with Crippen LogP contribution < -0.4 is 15.0 Å². The van der Waals surface area contributed by atoms with Gasteiger partial charge in [-0.05, 0) is 60.7 Å². The Morgan fingerprint density at radius 2 is 1.64 bits per heavy atom. The second-order valence-corrected chi connectivity index (χ2v) is 13.9. The monoisotopic (exact) mass is 769 g/mol. The number of rotatable bonds is 8. The fourth-order valence-electron chi connectivity index (χ4n) is 6.81. The van der Waals surface area contributed by atoms with Crippen molar-refractivity contribution >= 4 is 30.2 Å². The number of imide groups is 1. The molecule has 0 aromatic heterocycles. The molecule has 11 heteroatoms. The van der Waals surface area contributed by atoms with Gasteiger partial charge in [0.05, 0.1) is 23.9 Å².